The van der Waals surface area contributed by atoms with E-state index in [2.05, 4.69) is 26.2 Å². The van der Waals surface area contributed by atoms with E-state index in [1.54, 1.807) is 24.5 Å². The van der Waals surface area contributed by atoms with Gasteiger partial charge in [0.2, 0.25) is 5.91 Å². The molecule has 5 nitrogen and oxygen atoms in total. The van der Waals surface area contributed by atoms with Crippen LogP contribution >= 0.6 is 15.9 Å². The summed E-state index contributed by atoms with van der Waals surface area (Å²) in [5, 5.41) is 3.30. The molecule has 2 amide bonds. The van der Waals surface area contributed by atoms with Crippen LogP contribution in [0.4, 0.5) is 0 Å². The average Bonchev–Trinajstić information content (AvgIpc) is 2.66. The highest BCUT2D eigenvalue weighted by molar-refractivity contribution is 9.10. The highest BCUT2D eigenvalue weighted by Gasteiger charge is 2.57. The van der Waals surface area contributed by atoms with Gasteiger partial charge in [-0.3, -0.25) is 14.6 Å². The summed E-state index contributed by atoms with van der Waals surface area (Å²) in [5.41, 5.74) is 0.906. The quantitative estimate of drug-likeness (QED) is 0.693. The highest BCUT2D eigenvalue weighted by Crippen LogP contribution is 2.65. The van der Waals surface area contributed by atoms with Gasteiger partial charge in [0.15, 0.2) is 0 Å². The van der Waals surface area contributed by atoms with Crippen LogP contribution in [-0.4, -0.2) is 45.2 Å². The zero-order chi connectivity index (χ0) is 20.1. The Kier molecular flexibility index (Phi) is 4.96. The fourth-order valence-corrected chi connectivity index (χ4v) is 8.58. The van der Waals surface area contributed by atoms with Crippen LogP contribution < -0.4 is 5.32 Å². The minimum Gasteiger partial charge on any atom is -0.353 e. The molecule has 0 spiro atoms. The number of alkyl halides is 1. The summed E-state index contributed by atoms with van der Waals surface area (Å²) in [6.45, 7) is 1.40. The van der Waals surface area contributed by atoms with Crippen molar-refractivity contribution in [3.63, 3.8) is 0 Å². The van der Waals surface area contributed by atoms with E-state index in [4.69, 9.17) is 0 Å². The second-order valence-electron chi connectivity index (χ2n) is 10.2. The van der Waals surface area contributed by atoms with Gasteiger partial charge in [-0.2, -0.15) is 0 Å². The first-order valence-electron chi connectivity index (χ1n) is 11.1. The number of hydrogen-bond donors (Lipinski definition) is 1. The molecule has 1 aromatic rings. The summed E-state index contributed by atoms with van der Waals surface area (Å²) in [5.74, 6) is 1.91. The van der Waals surface area contributed by atoms with E-state index >= 15 is 0 Å². The molecule has 5 aliphatic rings. The first-order valence-corrected chi connectivity index (χ1v) is 11.9. The highest BCUT2D eigenvalue weighted by atomic mass is 79.9. The molecule has 6 heteroatoms. The maximum atomic E-state index is 12.9. The van der Waals surface area contributed by atoms with Crippen LogP contribution in [0, 0.1) is 17.3 Å². The monoisotopic (exact) mass is 459 g/mol. The van der Waals surface area contributed by atoms with Gasteiger partial charge in [-0.05, 0) is 80.8 Å². The number of likely N-dealkylation sites (tertiary alicyclic amines) is 1. The van der Waals surface area contributed by atoms with Crippen LogP contribution in [0.2, 0.25) is 0 Å². The fourth-order valence-electron chi connectivity index (χ4n) is 7.07. The molecule has 156 valence electrons. The van der Waals surface area contributed by atoms with Crippen molar-refractivity contribution in [2.45, 2.75) is 68.2 Å². The van der Waals surface area contributed by atoms with Gasteiger partial charge in [0.05, 0.1) is 0 Å². The number of hydrogen-bond acceptors (Lipinski definition) is 3. The van der Waals surface area contributed by atoms with Crippen LogP contribution in [0.1, 0.15) is 68.1 Å². The van der Waals surface area contributed by atoms with E-state index in [0.29, 0.717) is 29.4 Å². The van der Waals surface area contributed by atoms with Crippen molar-refractivity contribution in [3.05, 3.63) is 30.1 Å². The van der Waals surface area contributed by atoms with Gasteiger partial charge in [0.1, 0.15) is 0 Å². The standard InChI is InChI=1S/C23H30BrN3O2/c24-23-12-16-9-17(13-23)11-22(10-16,15-23)14-20(28)26-19-3-7-27(8-4-19)21(29)18-1-5-25-6-2-18/h1-2,5-6,16-17,19H,3-4,7-15H2,(H,26,28). The van der Waals surface area contributed by atoms with Gasteiger partial charge in [0.25, 0.3) is 5.91 Å². The first kappa shape index (κ1) is 19.5. The maximum absolute atomic E-state index is 12.9. The molecule has 1 N–H and O–H groups in total. The van der Waals surface area contributed by atoms with Crippen LogP contribution in [0.3, 0.4) is 0 Å². The van der Waals surface area contributed by atoms with E-state index in [1.165, 1.54) is 38.5 Å². The Hall–Kier alpha value is -1.43. The number of carbonyl (C=O) groups excluding carboxylic acids is 2. The van der Waals surface area contributed by atoms with Crippen LogP contribution in [0.5, 0.6) is 0 Å². The Morgan fingerprint density at radius 2 is 1.76 bits per heavy atom. The second-order valence-corrected chi connectivity index (χ2v) is 11.8. The number of nitrogens with one attached hydrogen (secondary N) is 1. The number of carbonyl (C=O) groups is 2. The molecule has 2 heterocycles. The molecule has 29 heavy (non-hydrogen) atoms. The molecule has 1 aromatic heterocycles. The van der Waals surface area contributed by atoms with Crippen molar-refractivity contribution < 1.29 is 9.59 Å². The van der Waals surface area contributed by atoms with Crippen molar-refractivity contribution in [2.24, 2.45) is 17.3 Å². The van der Waals surface area contributed by atoms with Crippen molar-refractivity contribution >= 4 is 27.7 Å². The Balaban J connectivity index is 1.14. The van der Waals surface area contributed by atoms with E-state index in [9.17, 15) is 9.59 Å². The van der Waals surface area contributed by atoms with E-state index in [1.807, 2.05) is 4.90 Å². The van der Waals surface area contributed by atoms with Gasteiger partial charge in [-0.1, -0.05) is 15.9 Å². The topological polar surface area (TPSA) is 62.3 Å². The van der Waals surface area contributed by atoms with Gasteiger partial charge in [0, 0.05) is 47.8 Å². The van der Waals surface area contributed by atoms with Crippen LogP contribution in [0.15, 0.2) is 24.5 Å². The molecular formula is C23H30BrN3O2. The lowest BCUT2D eigenvalue weighted by Gasteiger charge is -2.60. The van der Waals surface area contributed by atoms with E-state index in [-0.39, 0.29) is 23.3 Å². The summed E-state index contributed by atoms with van der Waals surface area (Å²) in [6.07, 6.45) is 13.3. The molecule has 5 fully saturated rings. The minimum absolute atomic E-state index is 0.0633. The molecule has 0 aromatic carbocycles. The summed E-state index contributed by atoms with van der Waals surface area (Å²) in [7, 11) is 0. The lowest BCUT2D eigenvalue weighted by molar-refractivity contribution is -0.129. The van der Waals surface area contributed by atoms with Gasteiger partial charge in [-0.15, -0.1) is 0 Å². The zero-order valence-electron chi connectivity index (χ0n) is 16.9. The Morgan fingerprint density at radius 1 is 1.10 bits per heavy atom. The Bertz CT molecular complexity index is 777. The van der Waals surface area contributed by atoms with Gasteiger partial charge >= 0.3 is 0 Å². The number of halogens is 1. The third kappa shape index (κ3) is 3.97. The van der Waals surface area contributed by atoms with Crippen molar-refractivity contribution in [3.8, 4) is 0 Å². The van der Waals surface area contributed by atoms with Crippen molar-refractivity contribution in [1.29, 1.82) is 0 Å². The van der Waals surface area contributed by atoms with Crippen LogP contribution in [-0.2, 0) is 4.79 Å². The third-order valence-corrected chi connectivity index (χ3v) is 8.65. The first-order chi connectivity index (χ1) is 13.9. The Labute approximate surface area is 181 Å². The smallest absolute Gasteiger partial charge is 0.253 e. The zero-order valence-corrected chi connectivity index (χ0v) is 18.5. The van der Waals surface area contributed by atoms with Gasteiger partial charge < -0.3 is 10.2 Å². The molecule has 0 radical (unpaired) electrons. The van der Waals surface area contributed by atoms with Crippen molar-refractivity contribution in [1.82, 2.24) is 15.2 Å². The average molecular weight is 460 g/mol. The summed E-state index contributed by atoms with van der Waals surface area (Å²) >= 11 is 4.05. The SMILES string of the molecule is O=C(CC12CC3CC(CC(Br)(C3)C1)C2)NC1CCN(C(=O)c2ccncc2)CC1. The molecule has 2 atom stereocenters. The number of nitrogens with zero attached hydrogens (tertiary/aromatic N) is 2. The Morgan fingerprint density at radius 3 is 2.38 bits per heavy atom. The lowest BCUT2D eigenvalue weighted by Crippen LogP contribution is -2.54. The molecule has 4 saturated carbocycles. The summed E-state index contributed by atoms with van der Waals surface area (Å²) in [6, 6.07) is 3.72. The molecule has 4 aliphatic carbocycles. The predicted octanol–water partition coefficient (Wildman–Crippen LogP) is 3.93. The largest absolute Gasteiger partial charge is 0.353 e. The summed E-state index contributed by atoms with van der Waals surface area (Å²) < 4.78 is 0.302. The van der Waals surface area contributed by atoms with Crippen LogP contribution in [0.25, 0.3) is 0 Å². The van der Waals surface area contributed by atoms with Gasteiger partial charge in [-0.25, -0.2) is 0 Å². The minimum atomic E-state index is 0.0633. The van der Waals surface area contributed by atoms with E-state index in [0.717, 1.165) is 24.7 Å². The lowest BCUT2D eigenvalue weighted by atomic mass is 9.48. The molecule has 2 unspecified atom stereocenters. The number of pyridine rings is 1. The molecule has 1 aliphatic heterocycles. The number of piperidine rings is 1. The number of aromatic nitrogens is 1. The fraction of sp³-hybridized carbons (Fsp3) is 0.696. The molecular weight excluding hydrogens is 430 g/mol. The second kappa shape index (κ2) is 7.36. The number of rotatable bonds is 4. The van der Waals surface area contributed by atoms with Crippen molar-refractivity contribution in [2.75, 3.05) is 13.1 Å². The number of amides is 2. The normalized spacial score (nSPS) is 36.2. The maximum Gasteiger partial charge on any atom is 0.253 e. The molecule has 4 bridgehead atoms. The third-order valence-electron chi connectivity index (χ3n) is 7.72. The summed E-state index contributed by atoms with van der Waals surface area (Å²) in [4.78, 5) is 31.4. The molecule has 1 saturated heterocycles. The molecule has 6 rings (SSSR count). The predicted molar refractivity (Wildman–Crippen MR) is 115 cm³/mol. The van der Waals surface area contributed by atoms with E-state index < -0.39 is 0 Å².